The summed E-state index contributed by atoms with van der Waals surface area (Å²) in [6.45, 7) is 3.45. The fraction of sp³-hybridized carbons (Fsp3) is 0.333. The summed E-state index contributed by atoms with van der Waals surface area (Å²) in [6.07, 6.45) is 1.49. The van der Waals surface area contributed by atoms with E-state index >= 15 is 0 Å². The Balaban J connectivity index is 2.44. The van der Waals surface area contributed by atoms with Crippen molar-refractivity contribution in [3.05, 3.63) is 23.9 Å². The van der Waals surface area contributed by atoms with Crippen LogP contribution >= 0.6 is 0 Å². The van der Waals surface area contributed by atoms with Crippen LogP contribution in [-0.4, -0.2) is 28.9 Å². The van der Waals surface area contributed by atoms with Crippen molar-refractivity contribution >= 4 is 17.6 Å². The van der Waals surface area contributed by atoms with Gasteiger partial charge in [-0.05, 0) is 26.0 Å². The lowest BCUT2D eigenvalue weighted by atomic mass is 9.98. The second kappa shape index (κ2) is 4.11. The Bertz CT molecular complexity index is 559. The highest BCUT2D eigenvalue weighted by Gasteiger charge is 2.41. The first-order valence-corrected chi connectivity index (χ1v) is 5.43. The lowest BCUT2D eigenvalue weighted by molar-refractivity contribution is -0.135. The van der Waals surface area contributed by atoms with E-state index in [9.17, 15) is 9.59 Å². The quantitative estimate of drug-likeness (QED) is 0.713. The molecule has 0 saturated carbocycles. The Morgan fingerprint density at radius 2 is 2.22 bits per heavy atom. The van der Waals surface area contributed by atoms with E-state index in [1.54, 1.807) is 30.9 Å². The van der Waals surface area contributed by atoms with Crippen molar-refractivity contribution in [1.29, 1.82) is 5.26 Å². The van der Waals surface area contributed by atoms with Gasteiger partial charge < -0.3 is 4.90 Å². The molecular formula is C12H12N4O2. The molecule has 18 heavy (non-hydrogen) atoms. The number of imide groups is 1. The van der Waals surface area contributed by atoms with Gasteiger partial charge in [-0.15, -0.1) is 0 Å². The summed E-state index contributed by atoms with van der Waals surface area (Å²) < 4.78 is 0. The van der Waals surface area contributed by atoms with Crippen molar-refractivity contribution in [1.82, 2.24) is 10.3 Å². The molecule has 1 N–H and O–H groups in total. The number of carbonyl (C=O) groups excluding carboxylic acids is 2. The van der Waals surface area contributed by atoms with Crippen LogP contribution in [0.4, 0.5) is 5.82 Å². The summed E-state index contributed by atoms with van der Waals surface area (Å²) in [5.74, 6) is -0.298. The highest BCUT2D eigenvalue weighted by Crippen LogP contribution is 2.24. The number of nitrogens with one attached hydrogen (secondary N) is 1. The fourth-order valence-corrected chi connectivity index (χ4v) is 1.79. The van der Waals surface area contributed by atoms with Gasteiger partial charge in [-0.2, -0.15) is 5.26 Å². The van der Waals surface area contributed by atoms with Crippen molar-refractivity contribution in [2.24, 2.45) is 0 Å². The second-order valence-corrected chi connectivity index (χ2v) is 4.54. The monoisotopic (exact) mass is 244 g/mol. The minimum atomic E-state index is -0.880. The average Bonchev–Trinajstić information content (AvgIpc) is 2.34. The van der Waals surface area contributed by atoms with E-state index in [2.05, 4.69) is 10.3 Å². The second-order valence-electron chi connectivity index (χ2n) is 4.54. The van der Waals surface area contributed by atoms with Crippen LogP contribution in [-0.2, 0) is 9.59 Å². The van der Waals surface area contributed by atoms with E-state index in [1.807, 2.05) is 6.07 Å². The molecule has 6 nitrogen and oxygen atoms in total. The zero-order chi connectivity index (χ0) is 13.3. The number of nitrogens with zero attached hydrogens (tertiary/aromatic N) is 3. The molecule has 2 heterocycles. The molecule has 1 aliphatic rings. The zero-order valence-electron chi connectivity index (χ0n) is 10.1. The predicted octanol–water partition coefficient (Wildman–Crippen LogP) is 0.195. The molecule has 1 aromatic heterocycles. The van der Waals surface area contributed by atoms with E-state index in [-0.39, 0.29) is 18.4 Å². The Kier molecular flexibility index (Phi) is 2.75. The van der Waals surface area contributed by atoms with Crippen LogP contribution in [0, 0.1) is 11.3 Å². The molecular weight excluding hydrogens is 232 g/mol. The molecule has 1 fully saturated rings. The normalized spacial score (nSPS) is 18.2. The van der Waals surface area contributed by atoms with Crippen LogP contribution in [0.3, 0.4) is 0 Å². The maximum atomic E-state index is 11.8. The Morgan fingerprint density at radius 1 is 1.50 bits per heavy atom. The SMILES string of the molecule is CC1(C)C(=O)NC(=O)CN1c1cc(C#N)ccn1. The van der Waals surface area contributed by atoms with E-state index < -0.39 is 5.54 Å². The highest BCUT2D eigenvalue weighted by molar-refractivity contribution is 6.06. The lowest BCUT2D eigenvalue weighted by Crippen LogP contribution is -2.64. The largest absolute Gasteiger partial charge is 0.333 e. The minimum Gasteiger partial charge on any atom is -0.333 e. The third-order valence-corrected chi connectivity index (χ3v) is 2.94. The Labute approximate surface area is 104 Å². The van der Waals surface area contributed by atoms with Crippen molar-refractivity contribution in [3.8, 4) is 6.07 Å². The molecule has 2 amide bonds. The Hall–Kier alpha value is -2.42. The topological polar surface area (TPSA) is 86.1 Å². The summed E-state index contributed by atoms with van der Waals surface area (Å²) >= 11 is 0. The predicted molar refractivity (Wildman–Crippen MR) is 63.5 cm³/mol. The first-order chi connectivity index (χ1) is 8.45. The van der Waals surface area contributed by atoms with Gasteiger partial charge in [-0.25, -0.2) is 4.98 Å². The number of pyridine rings is 1. The molecule has 0 aliphatic carbocycles. The van der Waals surface area contributed by atoms with Gasteiger partial charge in [0.25, 0.3) is 5.91 Å². The maximum absolute atomic E-state index is 11.8. The van der Waals surface area contributed by atoms with Crippen LogP contribution in [0.25, 0.3) is 0 Å². The van der Waals surface area contributed by atoms with Crippen LogP contribution < -0.4 is 10.2 Å². The maximum Gasteiger partial charge on any atom is 0.251 e. The van der Waals surface area contributed by atoms with Crippen molar-refractivity contribution in [2.45, 2.75) is 19.4 Å². The fourth-order valence-electron chi connectivity index (χ4n) is 1.79. The Morgan fingerprint density at radius 3 is 2.89 bits per heavy atom. The van der Waals surface area contributed by atoms with Gasteiger partial charge in [0, 0.05) is 6.20 Å². The molecule has 92 valence electrons. The summed E-state index contributed by atoms with van der Waals surface area (Å²) in [4.78, 5) is 28.9. The van der Waals surface area contributed by atoms with Gasteiger partial charge in [0.05, 0.1) is 18.2 Å². The van der Waals surface area contributed by atoms with E-state index in [1.165, 1.54) is 6.20 Å². The smallest absolute Gasteiger partial charge is 0.251 e. The molecule has 0 spiro atoms. The molecule has 1 aliphatic heterocycles. The van der Waals surface area contributed by atoms with Gasteiger partial charge in [0.1, 0.15) is 11.4 Å². The third kappa shape index (κ3) is 1.91. The zero-order valence-corrected chi connectivity index (χ0v) is 10.1. The third-order valence-electron chi connectivity index (χ3n) is 2.94. The minimum absolute atomic E-state index is 0.0423. The van der Waals surface area contributed by atoms with E-state index in [4.69, 9.17) is 5.26 Å². The summed E-state index contributed by atoms with van der Waals surface area (Å²) in [7, 11) is 0. The number of hydrogen-bond donors (Lipinski definition) is 1. The first kappa shape index (κ1) is 12.0. The molecule has 0 atom stereocenters. The molecule has 0 unspecified atom stereocenters. The number of hydrogen-bond acceptors (Lipinski definition) is 5. The van der Waals surface area contributed by atoms with E-state index in [0.717, 1.165) is 0 Å². The van der Waals surface area contributed by atoms with Gasteiger partial charge in [-0.1, -0.05) is 0 Å². The number of rotatable bonds is 1. The lowest BCUT2D eigenvalue weighted by Gasteiger charge is -2.40. The van der Waals surface area contributed by atoms with Gasteiger partial charge >= 0.3 is 0 Å². The summed E-state index contributed by atoms with van der Waals surface area (Å²) in [6, 6.07) is 5.14. The molecule has 0 aromatic carbocycles. The van der Waals surface area contributed by atoms with Crippen molar-refractivity contribution in [2.75, 3.05) is 11.4 Å². The summed E-state index contributed by atoms with van der Waals surface area (Å²) in [5, 5.41) is 11.1. The van der Waals surface area contributed by atoms with Gasteiger partial charge in [0.2, 0.25) is 5.91 Å². The molecule has 1 saturated heterocycles. The van der Waals surface area contributed by atoms with Crippen LogP contribution in [0.2, 0.25) is 0 Å². The van der Waals surface area contributed by atoms with Gasteiger partial charge in [-0.3, -0.25) is 14.9 Å². The number of carbonyl (C=O) groups is 2. The van der Waals surface area contributed by atoms with E-state index in [0.29, 0.717) is 11.4 Å². The van der Waals surface area contributed by atoms with Crippen LogP contribution in [0.1, 0.15) is 19.4 Å². The molecule has 1 aromatic rings. The highest BCUT2D eigenvalue weighted by atomic mass is 16.2. The van der Waals surface area contributed by atoms with Crippen molar-refractivity contribution < 1.29 is 9.59 Å². The van der Waals surface area contributed by atoms with Crippen molar-refractivity contribution in [3.63, 3.8) is 0 Å². The van der Waals surface area contributed by atoms with Crippen LogP contribution in [0.5, 0.6) is 0 Å². The molecule has 2 rings (SSSR count). The standard InChI is InChI=1S/C12H12N4O2/c1-12(2)11(18)15-10(17)7-16(12)9-5-8(6-13)3-4-14-9/h3-5H,7H2,1-2H3,(H,15,17,18). The summed E-state index contributed by atoms with van der Waals surface area (Å²) in [5.41, 5.74) is -0.441. The number of nitriles is 1. The number of aromatic nitrogens is 1. The molecule has 0 bridgehead atoms. The van der Waals surface area contributed by atoms with Gasteiger partial charge in [0.15, 0.2) is 0 Å². The number of anilines is 1. The molecule has 6 heteroatoms. The number of piperazine rings is 1. The molecule has 0 radical (unpaired) electrons. The van der Waals surface area contributed by atoms with Crippen LogP contribution in [0.15, 0.2) is 18.3 Å². The first-order valence-electron chi connectivity index (χ1n) is 5.43. The number of amides is 2. The average molecular weight is 244 g/mol.